The Morgan fingerprint density at radius 2 is 1.02 bits per heavy atom. The van der Waals surface area contributed by atoms with Gasteiger partial charge in [0.05, 0.1) is 22.8 Å². The Morgan fingerprint density at radius 1 is 0.455 bits per heavy atom. The third-order valence-corrected chi connectivity index (χ3v) is 7.93. The van der Waals surface area contributed by atoms with E-state index in [9.17, 15) is 10.2 Å². The molecule has 4 N–H and O–H groups in total. The Labute approximate surface area is 253 Å². The van der Waals surface area contributed by atoms with Crippen molar-refractivity contribution in [1.82, 2.24) is 19.9 Å². The van der Waals surface area contributed by atoms with Crippen molar-refractivity contribution in [2.75, 3.05) is 0 Å². The highest BCUT2D eigenvalue weighted by Gasteiger charge is 2.21. The van der Waals surface area contributed by atoms with Gasteiger partial charge in [-0.05, 0) is 72.3 Å². The number of para-hydroxylation sites is 2. The zero-order valence-electron chi connectivity index (χ0n) is 23.5. The van der Waals surface area contributed by atoms with Crippen molar-refractivity contribution in [1.29, 1.82) is 0 Å². The van der Waals surface area contributed by atoms with Gasteiger partial charge in [-0.15, -0.1) is 0 Å². The Kier molecular flexibility index (Phi) is 5.98. The van der Waals surface area contributed by atoms with Crippen LogP contribution in [0, 0.1) is 0 Å². The molecule has 0 fully saturated rings. The molecule has 8 bridgehead atoms. The minimum absolute atomic E-state index is 0.136. The summed E-state index contributed by atoms with van der Waals surface area (Å²) in [6.07, 6.45) is 7.98. The monoisotopic (exact) mass is 570 g/mol. The molecular formula is C38H26N4O2. The van der Waals surface area contributed by atoms with Crippen LogP contribution in [-0.4, -0.2) is 30.1 Å². The van der Waals surface area contributed by atoms with Crippen molar-refractivity contribution in [2.24, 2.45) is 0 Å². The van der Waals surface area contributed by atoms with Gasteiger partial charge < -0.3 is 20.2 Å². The fraction of sp³-hybridized carbons (Fsp3) is 0. The zero-order chi connectivity index (χ0) is 29.6. The van der Waals surface area contributed by atoms with Gasteiger partial charge >= 0.3 is 0 Å². The third kappa shape index (κ3) is 4.46. The van der Waals surface area contributed by atoms with Crippen molar-refractivity contribution in [3.8, 4) is 44.9 Å². The van der Waals surface area contributed by atoms with Crippen LogP contribution in [0.4, 0.5) is 0 Å². The maximum Gasteiger partial charge on any atom is 0.123 e. The van der Waals surface area contributed by atoms with Gasteiger partial charge in [0.25, 0.3) is 0 Å². The van der Waals surface area contributed by atoms with E-state index >= 15 is 0 Å². The molecule has 8 rings (SSSR count). The van der Waals surface area contributed by atoms with Crippen LogP contribution in [0.1, 0.15) is 22.8 Å². The molecule has 0 unspecified atom stereocenters. The maximum atomic E-state index is 11.1. The van der Waals surface area contributed by atoms with Crippen LogP contribution in [0.25, 0.3) is 79.8 Å². The molecule has 6 nitrogen and oxygen atoms in total. The van der Waals surface area contributed by atoms with Crippen molar-refractivity contribution < 1.29 is 10.2 Å². The first-order valence-corrected chi connectivity index (χ1v) is 14.4. The molecular weight excluding hydrogens is 544 g/mol. The van der Waals surface area contributed by atoms with Crippen LogP contribution in [-0.2, 0) is 0 Å². The van der Waals surface area contributed by atoms with Crippen LogP contribution in [0.5, 0.6) is 11.5 Å². The molecule has 3 aromatic carbocycles. The van der Waals surface area contributed by atoms with Gasteiger partial charge in [-0.1, -0.05) is 66.7 Å². The fourth-order valence-corrected chi connectivity index (χ4v) is 5.98. The summed E-state index contributed by atoms with van der Waals surface area (Å²) < 4.78 is 0. The lowest BCUT2D eigenvalue weighted by Crippen LogP contribution is -1.85. The maximum absolute atomic E-state index is 11.1. The van der Waals surface area contributed by atoms with Crippen LogP contribution < -0.4 is 0 Å². The van der Waals surface area contributed by atoms with Crippen molar-refractivity contribution in [3.05, 3.63) is 132 Å². The molecule has 6 aromatic rings. The molecule has 0 spiro atoms. The summed E-state index contributed by atoms with van der Waals surface area (Å²) in [5, 5.41) is 22.1. The van der Waals surface area contributed by atoms with E-state index in [1.165, 1.54) is 0 Å². The van der Waals surface area contributed by atoms with Crippen LogP contribution in [0.3, 0.4) is 0 Å². The third-order valence-electron chi connectivity index (χ3n) is 7.93. The molecule has 3 aromatic heterocycles. The van der Waals surface area contributed by atoms with Gasteiger partial charge in [0.2, 0.25) is 0 Å². The number of hydrogen-bond acceptors (Lipinski definition) is 4. The summed E-state index contributed by atoms with van der Waals surface area (Å²) in [6, 6.07) is 34.8. The number of H-pyrrole nitrogens is 2. The molecule has 6 heteroatoms. The van der Waals surface area contributed by atoms with Gasteiger partial charge in [0.15, 0.2) is 0 Å². The van der Waals surface area contributed by atoms with Crippen LogP contribution in [0.2, 0.25) is 0 Å². The number of nitrogens with one attached hydrogen (secondary N) is 2. The average molecular weight is 571 g/mol. The summed E-state index contributed by atoms with van der Waals surface area (Å²) in [5.74, 6) is 0.273. The van der Waals surface area contributed by atoms with E-state index in [1.54, 1.807) is 24.3 Å². The number of aromatic hydroxyl groups is 2. The van der Waals surface area contributed by atoms with Gasteiger partial charge in [-0.2, -0.15) is 0 Å². The zero-order valence-corrected chi connectivity index (χ0v) is 23.5. The van der Waals surface area contributed by atoms with E-state index < -0.39 is 0 Å². The summed E-state index contributed by atoms with van der Waals surface area (Å²) in [6.45, 7) is 0. The van der Waals surface area contributed by atoms with E-state index in [2.05, 4.69) is 34.2 Å². The lowest BCUT2D eigenvalue weighted by atomic mass is 9.95. The summed E-state index contributed by atoms with van der Waals surface area (Å²) in [4.78, 5) is 17.1. The fourth-order valence-electron chi connectivity index (χ4n) is 5.98. The summed E-state index contributed by atoms with van der Waals surface area (Å²) in [5.41, 5.74) is 11.4. The number of benzene rings is 3. The van der Waals surface area contributed by atoms with Gasteiger partial charge in [0, 0.05) is 49.9 Å². The first-order valence-electron chi connectivity index (χ1n) is 14.4. The SMILES string of the molecule is Oc1ccccc1-c1c(-c2ccccc2O)c2cc3nc(c(-c4ccccc4)c4ccc(cc5nc(cc1[nH]2)C=C5)[nH]4)C=C3. The number of nitrogens with zero attached hydrogens (tertiary/aromatic N) is 2. The highest BCUT2D eigenvalue weighted by molar-refractivity contribution is 6.05. The molecule has 0 saturated carbocycles. The second-order valence-corrected chi connectivity index (χ2v) is 10.8. The minimum Gasteiger partial charge on any atom is -0.507 e. The lowest BCUT2D eigenvalue weighted by molar-refractivity contribution is 0.476. The first-order chi connectivity index (χ1) is 21.6. The molecule has 2 aliphatic heterocycles. The predicted molar refractivity (Wildman–Crippen MR) is 178 cm³/mol. The molecule has 2 aliphatic rings. The van der Waals surface area contributed by atoms with Crippen LogP contribution >= 0.6 is 0 Å². The number of aromatic amines is 2. The normalized spacial score (nSPS) is 12.1. The first kappa shape index (κ1) is 25.6. The number of phenolic OH excluding ortho intramolecular Hbond substituents is 2. The average Bonchev–Trinajstić information content (AvgIpc) is 3.84. The topological polar surface area (TPSA) is 97.8 Å². The van der Waals surface area contributed by atoms with Crippen molar-refractivity contribution in [2.45, 2.75) is 0 Å². The van der Waals surface area contributed by atoms with Crippen molar-refractivity contribution in [3.63, 3.8) is 0 Å². The number of phenols is 2. The minimum atomic E-state index is 0.136. The summed E-state index contributed by atoms with van der Waals surface area (Å²) >= 11 is 0. The second kappa shape index (κ2) is 10.3. The summed E-state index contributed by atoms with van der Waals surface area (Å²) in [7, 11) is 0. The second-order valence-electron chi connectivity index (χ2n) is 10.8. The highest BCUT2D eigenvalue weighted by Crippen LogP contribution is 2.45. The van der Waals surface area contributed by atoms with Gasteiger partial charge in [-0.3, -0.25) is 0 Å². The standard InChI is InChI=1S/C38H26N4O2/c43-34-12-6-4-10-28(34)37-32-21-26-15-14-24(39-26)20-25-16-18-30(40-25)36(23-8-2-1-3-9-23)31-19-17-27(41-31)22-33(42-32)38(37)29-11-5-7-13-35(29)44/h1-22,40,42-44H. The van der Waals surface area contributed by atoms with E-state index in [-0.39, 0.29) is 11.5 Å². The molecule has 0 saturated heterocycles. The lowest BCUT2D eigenvalue weighted by Gasteiger charge is -2.09. The Morgan fingerprint density at radius 3 is 1.68 bits per heavy atom. The quantitative estimate of drug-likeness (QED) is 0.170. The molecule has 0 radical (unpaired) electrons. The number of aromatic nitrogens is 4. The molecule has 0 atom stereocenters. The molecule has 0 amide bonds. The molecule has 0 aliphatic carbocycles. The number of rotatable bonds is 3. The molecule has 5 heterocycles. The van der Waals surface area contributed by atoms with E-state index in [1.807, 2.05) is 85.0 Å². The Hall–Kier alpha value is -6.14. The van der Waals surface area contributed by atoms with Gasteiger partial charge in [-0.25, -0.2) is 9.97 Å². The van der Waals surface area contributed by atoms with E-state index in [4.69, 9.17) is 9.97 Å². The Bertz CT molecular complexity index is 2310. The molecule has 44 heavy (non-hydrogen) atoms. The smallest absolute Gasteiger partial charge is 0.123 e. The largest absolute Gasteiger partial charge is 0.507 e. The highest BCUT2D eigenvalue weighted by atomic mass is 16.3. The molecule has 210 valence electrons. The number of hydrogen-bond donors (Lipinski definition) is 4. The Balaban J connectivity index is 1.55. The van der Waals surface area contributed by atoms with Crippen molar-refractivity contribution >= 4 is 46.4 Å². The van der Waals surface area contributed by atoms with E-state index in [0.717, 1.165) is 67.1 Å². The predicted octanol–water partition coefficient (Wildman–Crippen LogP) is 9.07. The van der Waals surface area contributed by atoms with Gasteiger partial charge in [0.1, 0.15) is 11.5 Å². The van der Waals surface area contributed by atoms with Crippen LogP contribution in [0.15, 0.2) is 109 Å². The number of fused-ring (bicyclic) bond motifs is 8. The van der Waals surface area contributed by atoms with E-state index in [0.29, 0.717) is 11.1 Å².